The number of rotatable bonds is 2. The Kier molecular flexibility index (Phi) is 3.20. The third kappa shape index (κ3) is 2.92. The van der Waals surface area contributed by atoms with E-state index in [0.29, 0.717) is 22.2 Å². The molecule has 0 bridgehead atoms. The lowest BCUT2D eigenvalue weighted by Crippen LogP contribution is -2.13. The quantitative estimate of drug-likeness (QED) is 0.851. The van der Waals surface area contributed by atoms with Crippen molar-refractivity contribution in [2.24, 2.45) is 0 Å². The van der Waals surface area contributed by atoms with Crippen molar-refractivity contribution in [1.82, 2.24) is 9.97 Å². The van der Waals surface area contributed by atoms with Gasteiger partial charge >= 0.3 is 0 Å². The number of nitrogens with one attached hydrogen (secondary N) is 1. The first-order valence-electron chi connectivity index (χ1n) is 4.79. The molecule has 0 atom stereocenters. The van der Waals surface area contributed by atoms with Gasteiger partial charge < -0.3 is 11.1 Å². The van der Waals surface area contributed by atoms with Crippen molar-refractivity contribution in [3.63, 3.8) is 0 Å². The molecule has 0 spiro atoms. The van der Waals surface area contributed by atoms with E-state index in [0.717, 1.165) is 0 Å². The maximum atomic E-state index is 11.7. The fraction of sp³-hybridized carbons (Fsp3) is 0. The minimum absolute atomic E-state index is 0.299. The predicted octanol–water partition coefficient (Wildman–Crippen LogP) is 1.96. The molecule has 0 unspecified atom stereocenters. The number of pyridine rings is 2. The largest absolute Gasteiger partial charge is 0.384 e. The van der Waals surface area contributed by atoms with Gasteiger partial charge in [-0.15, -0.1) is 0 Å². The summed E-state index contributed by atoms with van der Waals surface area (Å²) in [5.74, 6) is 0.495. The van der Waals surface area contributed by atoms with E-state index < -0.39 is 0 Å². The van der Waals surface area contributed by atoms with Crippen molar-refractivity contribution in [3.8, 4) is 0 Å². The maximum Gasteiger partial charge on any atom is 0.258 e. The molecule has 2 rings (SSSR count). The van der Waals surface area contributed by atoms with Crippen molar-refractivity contribution in [2.45, 2.75) is 0 Å². The molecular formula is C11H9ClN4O. The Morgan fingerprint density at radius 1 is 1.18 bits per heavy atom. The minimum Gasteiger partial charge on any atom is -0.384 e. The van der Waals surface area contributed by atoms with Crippen LogP contribution in [0.4, 0.5) is 11.6 Å². The highest BCUT2D eigenvalue weighted by Gasteiger charge is 2.06. The highest BCUT2D eigenvalue weighted by Crippen LogP contribution is 2.11. The van der Waals surface area contributed by atoms with E-state index in [9.17, 15) is 4.79 Å². The summed E-state index contributed by atoms with van der Waals surface area (Å²) < 4.78 is 0. The van der Waals surface area contributed by atoms with Gasteiger partial charge in [-0.2, -0.15) is 0 Å². The zero-order valence-corrected chi connectivity index (χ0v) is 9.48. The van der Waals surface area contributed by atoms with Gasteiger partial charge in [-0.3, -0.25) is 4.79 Å². The van der Waals surface area contributed by atoms with E-state index in [1.54, 1.807) is 24.3 Å². The summed E-state index contributed by atoms with van der Waals surface area (Å²) in [6, 6.07) is 6.41. The van der Waals surface area contributed by atoms with E-state index in [2.05, 4.69) is 15.3 Å². The van der Waals surface area contributed by atoms with Crippen LogP contribution in [0.15, 0.2) is 36.7 Å². The number of amides is 1. The Balaban J connectivity index is 2.11. The molecule has 0 aliphatic carbocycles. The molecule has 0 aliphatic heterocycles. The first-order valence-corrected chi connectivity index (χ1v) is 5.17. The lowest BCUT2D eigenvalue weighted by Gasteiger charge is -2.04. The van der Waals surface area contributed by atoms with E-state index >= 15 is 0 Å². The van der Waals surface area contributed by atoms with E-state index in [1.807, 2.05) is 0 Å². The molecule has 0 saturated carbocycles. The Hall–Kier alpha value is -2.14. The standard InChI is InChI=1S/C11H9ClN4O/c12-8-2-4-10(15-6-8)16-11(17)7-1-3-9(13)14-5-7/h1-6H,(H2,13,14)(H,15,16,17). The monoisotopic (exact) mass is 248 g/mol. The third-order valence-corrected chi connectivity index (χ3v) is 2.24. The fourth-order valence-corrected chi connectivity index (χ4v) is 1.29. The number of nitrogens with two attached hydrogens (primary N) is 1. The maximum absolute atomic E-state index is 11.7. The van der Waals surface area contributed by atoms with Crippen LogP contribution in [0, 0.1) is 0 Å². The number of aromatic nitrogens is 2. The van der Waals surface area contributed by atoms with Crippen LogP contribution in [-0.2, 0) is 0 Å². The van der Waals surface area contributed by atoms with Crippen molar-refractivity contribution >= 4 is 29.1 Å². The summed E-state index contributed by atoms with van der Waals surface area (Å²) in [6.45, 7) is 0. The van der Waals surface area contributed by atoms with Gasteiger partial charge in [0.1, 0.15) is 11.6 Å². The second kappa shape index (κ2) is 4.80. The second-order valence-corrected chi connectivity index (χ2v) is 3.72. The molecule has 0 aliphatic rings. The smallest absolute Gasteiger partial charge is 0.258 e. The molecule has 2 aromatic rings. The Morgan fingerprint density at radius 3 is 2.59 bits per heavy atom. The van der Waals surface area contributed by atoms with Crippen molar-refractivity contribution in [1.29, 1.82) is 0 Å². The molecule has 17 heavy (non-hydrogen) atoms. The first-order chi connectivity index (χ1) is 8.15. The Labute approximate surface area is 103 Å². The van der Waals surface area contributed by atoms with Gasteiger partial charge in [0.25, 0.3) is 5.91 Å². The Bertz CT molecular complexity index is 524. The molecule has 0 aromatic carbocycles. The highest BCUT2D eigenvalue weighted by molar-refractivity contribution is 6.30. The SMILES string of the molecule is Nc1ccc(C(=O)Nc2ccc(Cl)cn2)cn1. The molecule has 3 N–H and O–H groups in total. The van der Waals surface area contributed by atoms with Gasteiger partial charge in [0.15, 0.2) is 0 Å². The average Bonchev–Trinajstić information content (AvgIpc) is 2.33. The summed E-state index contributed by atoms with van der Waals surface area (Å²) in [5.41, 5.74) is 5.84. The number of hydrogen-bond acceptors (Lipinski definition) is 4. The van der Waals surface area contributed by atoms with E-state index in [-0.39, 0.29) is 5.91 Å². The Morgan fingerprint density at radius 2 is 2.00 bits per heavy atom. The molecule has 86 valence electrons. The molecule has 5 nitrogen and oxygen atoms in total. The first kappa shape index (κ1) is 11.3. The van der Waals surface area contributed by atoms with Gasteiger partial charge in [0.2, 0.25) is 0 Å². The lowest BCUT2D eigenvalue weighted by atomic mass is 10.2. The third-order valence-electron chi connectivity index (χ3n) is 2.02. The molecule has 0 saturated heterocycles. The van der Waals surface area contributed by atoms with Crippen LogP contribution in [0.1, 0.15) is 10.4 Å². The molecule has 1 amide bonds. The molecule has 0 fully saturated rings. The lowest BCUT2D eigenvalue weighted by molar-refractivity contribution is 0.102. The van der Waals surface area contributed by atoms with E-state index in [1.165, 1.54) is 12.4 Å². The van der Waals surface area contributed by atoms with Crippen LogP contribution in [0.3, 0.4) is 0 Å². The van der Waals surface area contributed by atoms with Crippen LogP contribution in [0.2, 0.25) is 5.02 Å². The molecule has 6 heteroatoms. The summed E-state index contributed by atoms with van der Waals surface area (Å²) in [5, 5.41) is 3.13. The zero-order chi connectivity index (χ0) is 12.3. The fourth-order valence-electron chi connectivity index (χ4n) is 1.18. The molecular weight excluding hydrogens is 240 g/mol. The van der Waals surface area contributed by atoms with E-state index in [4.69, 9.17) is 17.3 Å². The number of halogens is 1. The predicted molar refractivity (Wildman–Crippen MR) is 65.8 cm³/mol. The second-order valence-electron chi connectivity index (χ2n) is 3.29. The molecule has 2 aromatic heterocycles. The van der Waals surface area contributed by atoms with Crippen molar-refractivity contribution in [3.05, 3.63) is 47.2 Å². The number of nitrogen functional groups attached to an aromatic ring is 1. The normalized spacial score (nSPS) is 9.94. The van der Waals surface area contributed by atoms with Crippen LogP contribution in [-0.4, -0.2) is 15.9 Å². The number of carbonyl (C=O) groups is 1. The number of nitrogens with zero attached hydrogens (tertiary/aromatic N) is 2. The average molecular weight is 249 g/mol. The van der Waals surface area contributed by atoms with Crippen LogP contribution < -0.4 is 11.1 Å². The number of anilines is 2. The molecule has 0 radical (unpaired) electrons. The van der Waals surface area contributed by atoms with Crippen LogP contribution in [0.5, 0.6) is 0 Å². The highest BCUT2D eigenvalue weighted by atomic mass is 35.5. The van der Waals surface area contributed by atoms with Gasteiger partial charge in [-0.1, -0.05) is 11.6 Å². The summed E-state index contributed by atoms with van der Waals surface area (Å²) in [4.78, 5) is 19.5. The van der Waals surface area contributed by atoms with Gasteiger partial charge in [0, 0.05) is 12.4 Å². The zero-order valence-electron chi connectivity index (χ0n) is 8.72. The summed E-state index contributed by atoms with van der Waals surface area (Å²) in [7, 11) is 0. The van der Waals surface area contributed by atoms with Gasteiger partial charge in [-0.25, -0.2) is 9.97 Å². The van der Waals surface area contributed by atoms with Crippen LogP contribution in [0.25, 0.3) is 0 Å². The summed E-state index contributed by atoms with van der Waals surface area (Å²) >= 11 is 5.68. The number of hydrogen-bond donors (Lipinski definition) is 2. The summed E-state index contributed by atoms with van der Waals surface area (Å²) in [6.07, 6.45) is 2.86. The minimum atomic E-state index is -0.299. The van der Waals surface area contributed by atoms with Gasteiger partial charge in [0.05, 0.1) is 10.6 Å². The number of carbonyl (C=O) groups excluding carboxylic acids is 1. The van der Waals surface area contributed by atoms with Crippen LogP contribution >= 0.6 is 11.6 Å². The molecule has 2 heterocycles. The van der Waals surface area contributed by atoms with Crippen molar-refractivity contribution in [2.75, 3.05) is 11.1 Å². The van der Waals surface area contributed by atoms with Gasteiger partial charge in [-0.05, 0) is 24.3 Å². The topological polar surface area (TPSA) is 80.9 Å². The van der Waals surface area contributed by atoms with Crippen molar-refractivity contribution < 1.29 is 4.79 Å².